The molecule has 0 bridgehead atoms. The number of piperidine rings is 1. The quantitative estimate of drug-likeness (QED) is 0.828. The van der Waals surface area contributed by atoms with Crippen molar-refractivity contribution in [2.75, 3.05) is 26.2 Å². The van der Waals surface area contributed by atoms with Crippen LogP contribution in [-0.4, -0.2) is 59.1 Å². The van der Waals surface area contributed by atoms with Gasteiger partial charge in [-0.25, -0.2) is 0 Å². The van der Waals surface area contributed by atoms with Crippen LogP contribution in [0.1, 0.15) is 39.5 Å². The molecule has 1 unspecified atom stereocenters. The summed E-state index contributed by atoms with van der Waals surface area (Å²) in [4.78, 5) is 15.8. The van der Waals surface area contributed by atoms with E-state index in [4.69, 9.17) is 5.11 Å². The monoisotopic (exact) mass is 254 g/mol. The molecule has 0 aromatic heterocycles. The first-order valence-corrected chi connectivity index (χ1v) is 7.26. The van der Waals surface area contributed by atoms with E-state index in [1.807, 2.05) is 0 Å². The molecule has 4 heteroatoms. The molecule has 18 heavy (non-hydrogen) atoms. The summed E-state index contributed by atoms with van der Waals surface area (Å²) in [7, 11) is 0. The maximum absolute atomic E-state index is 10.7. The minimum absolute atomic E-state index is 0.358. The molecule has 0 amide bonds. The molecule has 2 aliphatic heterocycles. The van der Waals surface area contributed by atoms with Crippen molar-refractivity contribution in [1.29, 1.82) is 0 Å². The summed E-state index contributed by atoms with van der Waals surface area (Å²) in [5, 5.41) is 8.82. The summed E-state index contributed by atoms with van der Waals surface area (Å²) in [6, 6.07) is 1.36. The molecule has 0 spiro atoms. The van der Waals surface area contributed by atoms with Crippen LogP contribution >= 0.6 is 0 Å². The van der Waals surface area contributed by atoms with Gasteiger partial charge in [0.05, 0.1) is 0 Å². The first kappa shape index (κ1) is 13.8. The van der Waals surface area contributed by atoms with Gasteiger partial charge in [-0.1, -0.05) is 0 Å². The highest BCUT2D eigenvalue weighted by Gasteiger charge is 2.31. The zero-order valence-electron chi connectivity index (χ0n) is 11.6. The second-order valence-corrected chi connectivity index (χ2v) is 6.11. The van der Waals surface area contributed by atoms with Crippen molar-refractivity contribution in [3.63, 3.8) is 0 Å². The standard InChI is InChI=1S/C14H26N2O2/c1-11(2)16-8-5-13(10-16)15-6-3-12(4-7-15)9-14(17)18/h11-13H,3-10H2,1-2H3,(H,17,18). The summed E-state index contributed by atoms with van der Waals surface area (Å²) in [5.41, 5.74) is 0. The van der Waals surface area contributed by atoms with Gasteiger partial charge >= 0.3 is 5.97 Å². The van der Waals surface area contributed by atoms with Crippen LogP contribution in [0.25, 0.3) is 0 Å². The number of carbonyl (C=O) groups is 1. The maximum Gasteiger partial charge on any atom is 0.303 e. The third kappa shape index (κ3) is 3.45. The van der Waals surface area contributed by atoms with Gasteiger partial charge in [-0.2, -0.15) is 0 Å². The van der Waals surface area contributed by atoms with E-state index in [0.717, 1.165) is 25.9 Å². The predicted molar refractivity (Wildman–Crippen MR) is 71.7 cm³/mol. The van der Waals surface area contributed by atoms with Crippen molar-refractivity contribution in [2.45, 2.75) is 51.6 Å². The third-order valence-corrected chi connectivity index (χ3v) is 4.55. The third-order valence-electron chi connectivity index (χ3n) is 4.55. The zero-order valence-corrected chi connectivity index (χ0v) is 11.6. The van der Waals surface area contributed by atoms with Gasteiger partial charge in [-0.3, -0.25) is 14.6 Å². The molecule has 2 saturated heterocycles. The van der Waals surface area contributed by atoms with Crippen LogP contribution in [0.15, 0.2) is 0 Å². The topological polar surface area (TPSA) is 43.8 Å². The second-order valence-electron chi connectivity index (χ2n) is 6.11. The molecule has 1 atom stereocenters. The molecule has 2 rings (SSSR count). The Hall–Kier alpha value is -0.610. The minimum Gasteiger partial charge on any atom is -0.481 e. The number of hydrogen-bond donors (Lipinski definition) is 1. The van der Waals surface area contributed by atoms with Crippen LogP contribution in [0.3, 0.4) is 0 Å². The van der Waals surface area contributed by atoms with Crippen molar-refractivity contribution in [2.24, 2.45) is 5.92 Å². The molecule has 0 aliphatic carbocycles. The largest absolute Gasteiger partial charge is 0.481 e. The first-order chi connectivity index (χ1) is 8.56. The fraction of sp³-hybridized carbons (Fsp3) is 0.929. The summed E-state index contributed by atoms with van der Waals surface area (Å²) >= 11 is 0. The molecule has 1 N–H and O–H groups in total. The van der Waals surface area contributed by atoms with Crippen LogP contribution in [0, 0.1) is 5.92 Å². The Balaban J connectivity index is 1.75. The van der Waals surface area contributed by atoms with Crippen LogP contribution < -0.4 is 0 Å². The minimum atomic E-state index is -0.639. The van der Waals surface area contributed by atoms with E-state index in [9.17, 15) is 4.79 Å². The maximum atomic E-state index is 10.7. The summed E-state index contributed by atoms with van der Waals surface area (Å²) < 4.78 is 0. The highest BCUT2D eigenvalue weighted by Crippen LogP contribution is 2.25. The van der Waals surface area contributed by atoms with Gasteiger partial charge in [-0.05, 0) is 52.1 Å². The van der Waals surface area contributed by atoms with Crippen molar-refractivity contribution in [3.05, 3.63) is 0 Å². The fourth-order valence-corrected chi connectivity index (χ4v) is 3.30. The lowest BCUT2D eigenvalue weighted by Gasteiger charge is -2.35. The van der Waals surface area contributed by atoms with Gasteiger partial charge in [0.15, 0.2) is 0 Å². The van der Waals surface area contributed by atoms with E-state index >= 15 is 0 Å². The Labute approximate surface area is 110 Å². The molecule has 2 heterocycles. The fourth-order valence-electron chi connectivity index (χ4n) is 3.30. The number of hydrogen-bond acceptors (Lipinski definition) is 3. The number of likely N-dealkylation sites (tertiary alicyclic amines) is 2. The van der Waals surface area contributed by atoms with Crippen molar-refractivity contribution in [1.82, 2.24) is 9.80 Å². The molecule has 0 aromatic carbocycles. The van der Waals surface area contributed by atoms with Crippen LogP contribution in [0.5, 0.6) is 0 Å². The van der Waals surface area contributed by atoms with E-state index < -0.39 is 5.97 Å². The molecule has 2 aliphatic rings. The number of carboxylic acids is 1. The average Bonchev–Trinajstić information content (AvgIpc) is 2.78. The number of nitrogens with zero attached hydrogens (tertiary/aromatic N) is 2. The van der Waals surface area contributed by atoms with Gasteiger partial charge in [0.2, 0.25) is 0 Å². The van der Waals surface area contributed by atoms with Crippen LogP contribution in [0.2, 0.25) is 0 Å². The molecular formula is C14H26N2O2. The molecule has 0 radical (unpaired) electrons. The molecular weight excluding hydrogens is 228 g/mol. The summed E-state index contributed by atoms with van der Waals surface area (Å²) in [5.74, 6) is -0.235. The van der Waals surface area contributed by atoms with Gasteiger partial charge in [0.25, 0.3) is 0 Å². The zero-order chi connectivity index (χ0) is 13.1. The van der Waals surface area contributed by atoms with E-state index in [-0.39, 0.29) is 0 Å². The lowest BCUT2D eigenvalue weighted by molar-refractivity contribution is -0.138. The predicted octanol–water partition coefficient (Wildman–Crippen LogP) is 1.66. The van der Waals surface area contributed by atoms with Crippen molar-refractivity contribution >= 4 is 5.97 Å². The van der Waals surface area contributed by atoms with E-state index in [2.05, 4.69) is 23.6 Å². The molecule has 4 nitrogen and oxygen atoms in total. The SMILES string of the molecule is CC(C)N1CCC(N2CCC(CC(=O)O)CC2)C1. The molecule has 2 fully saturated rings. The molecule has 0 saturated carbocycles. The Morgan fingerprint density at radius 1 is 1.22 bits per heavy atom. The number of rotatable bonds is 4. The van der Waals surface area contributed by atoms with Crippen molar-refractivity contribution < 1.29 is 9.90 Å². The smallest absolute Gasteiger partial charge is 0.303 e. The van der Waals surface area contributed by atoms with Gasteiger partial charge in [-0.15, -0.1) is 0 Å². The van der Waals surface area contributed by atoms with Crippen LogP contribution in [-0.2, 0) is 4.79 Å². The first-order valence-electron chi connectivity index (χ1n) is 7.26. The lowest BCUT2D eigenvalue weighted by Crippen LogP contribution is -2.43. The Bertz CT molecular complexity index is 286. The van der Waals surface area contributed by atoms with Crippen molar-refractivity contribution in [3.8, 4) is 0 Å². The second kappa shape index (κ2) is 6.02. The van der Waals surface area contributed by atoms with Gasteiger partial charge in [0, 0.05) is 31.6 Å². The number of carboxylic acid groups (broad SMARTS) is 1. The molecule has 0 aromatic rings. The van der Waals surface area contributed by atoms with Gasteiger partial charge in [0.1, 0.15) is 0 Å². The average molecular weight is 254 g/mol. The Kier molecular flexibility index (Phi) is 4.62. The lowest BCUT2D eigenvalue weighted by atomic mass is 9.92. The number of aliphatic carboxylic acids is 1. The normalized spacial score (nSPS) is 28.1. The van der Waals surface area contributed by atoms with Gasteiger partial charge < -0.3 is 5.11 Å². The van der Waals surface area contributed by atoms with E-state index in [0.29, 0.717) is 24.4 Å². The Morgan fingerprint density at radius 3 is 2.39 bits per heavy atom. The van der Waals surface area contributed by atoms with E-state index in [1.165, 1.54) is 19.5 Å². The Morgan fingerprint density at radius 2 is 1.89 bits per heavy atom. The summed E-state index contributed by atoms with van der Waals surface area (Å²) in [6.07, 6.45) is 3.76. The highest BCUT2D eigenvalue weighted by molar-refractivity contribution is 5.67. The molecule has 104 valence electrons. The highest BCUT2D eigenvalue weighted by atomic mass is 16.4. The van der Waals surface area contributed by atoms with E-state index in [1.54, 1.807) is 0 Å². The van der Waals surface area contributed by atoms with Crippen LogP contribution in [0.4, 0.5) is 0 Å². The summed E-state index contributed by atoms with van der Waals surface area (Å²) in [6.45, 7) is 9.13.